The number of fused-ring (bicyclic) bond motifs is 1. The lowest BCUT2D eigenvalue weighted by Gasteiger charge is -2.52. The van der Waals surface area contributed by atoms with Gasteiger partial charge in [-0.2, -0.15) is 0 Å². The Bertz CT molecular complexity index is 530. The summed E-state index contributed by atoms with van der Waals surface area (Å²) in [6, 6.07) is 0. The van der Waals surface area contributed by atoms with Crippen LogP contribution in [0.4, 0.5) is 0 Å². The van der Waals surface area contributed by atoms with Gasteiger partial charge in [0.05, 0.1) is 34.2 Å². The maximum absolute atomic E-state index is 11.5. The molecule has 2 bridgehead atoms. The highest BCUT2D eigenvalue weighted by Crippen LogP contribution is 2.88. The van der Waals surface area contributed by atoms with E-state index in [-0.39, 0.29) is 13.0 Å². The van der Waals surface area contributed by atoms with Crippen LogP contribution in [0.2, 0.25) is 0 Å². The lowest BCUT2D eigenvalue weighted by Crippen LogP contribution is -2.63. The zero-order valence-electron chi connectivity index (χ0n) is 12.5. The van der Waals surface area contributed by atoms with E-state index in [0.29, 0.717) is 12.8 Å². The molecule has 4 unspecified atom stereocenters. The summed E-state index contributed by atoms with van der Waals surface area (Å²) in [6.45, 7) is 7.19. The minimum atomic E-state index is -1.49. The molecule has 1 saturated heterocycles. The number of aliphatic hydroxyl groups is 4. The quantitative estimate of drug-likeness (QED) is 0.508. The highest BCUT2D eigenvalue weighted by Gasteiger charge is 2.99. The van der Waals surface area contributed by atoms with Crippen molar-refractivity contribution in [3.05, 3.63) is 0 Å². The standard InChI is InChI=1S/C15H24O5/c1-9-8-20-15(19)7-13(12(4,17)11(9,15)3)10(2,16)5-6-14(9,13)18/h16-19H,5-8H2,1-4H3/t9-,10+,11?,12?,13?,14+,15?/m0/s1. The first kappa shape index (κ1) is 13.5. The van der Waals surface area contributed by atoms with Crippen LogP contribution in [0.25, 0.3) is 0 Å². The third-order valence-electron chi connectivity index (χ3n) is 8.31. The first-order chi connectivity index (χ1) is 8.87. The molecule has 4 fully saturated rings. The van der Waals surface area contributed by atoms with Gasteiger partial charge < -0.3 is 25.2 Å². The highest BCUT2D eigenvalue weighted by molar-refractivity contribution is 5.45. The number of hydrogen-bond donors (Lipinski definition) is 4. The summed E-state index contributed by atoms with van der Waals surface area (Å²) in [7, 11) is 0. The molecular formula is C15H24O5. The third-order valence-corrected chi connectivity index (χ3v) is 8.31. The Kier molecular flexibility index (Phi) is 1.83. The van der Waals surface area contributed by atoms with Crippen molar-refractivity contribution in [3.63, 3.8) is 0 Å². The summed E-state index contributed by atoms with van der Waals surface area (Å²) in [6.07, 6.45) is 0.908. The first-order valence-electron chi connectivity index (χ1n) is 7.40. The van der Waals surface area contributed by atoms with Gasteiger partial charge in [-0.3, -0.25) is 0 Å². The fourth-order valence-corrected chi connectivity index (χ4v) is 6.93. The maximum Gasteiger partial charge on any atom is 0.175 e. The van der Waals surface area contributed by atoms with E-state index < -0.39 is 38.8 Å². The van der Waals surface area contributed by atoms with Gasteiger partial charge in [0, 0.05) is 11.8 Å². The Morgan fingerprint density at radius 2 is 1.50 bits per heavy atom. The summed E-state index contributed by atoms with van der Waals surface area (Å²) in [4.78, 5) is 0. The van der Waals surface area contributed by atoms with Crippen LogP contribution in [0.1, 0.15) is 47.0 Å². The van der Waals surface area contributed by atoms with Crippen molar-refractivity contribution < 1.29 is 25.2 Å². The van der Waals surface area contributed by atoms with E-state index in [1.54, 1.807) is 20.8 Å². The van der Waals surface area contributed by atoms with Gasteiger partial charge in [0.2, 0.25) is 0 Å². The van der Waals surface area contributed by atoms with Crippen LogP contribution in [-0.4, -0.2) is 49.6 Å². The van der Waals surface area contributed by atoms with E-state index in [2.05, 4.69) is 0 Å². The molecule has 0 aromatic rings. The summed E-state index contributed by atoms with van der Waals surface area (Å²) in [5.41, 5.74) is -6.83. The van der Waals surface area contributed by atoms with Crippen LogP contribution < -0.4 is 0 Å². The number of hydrogen-bond acceptors (Lipinski definition) is 5. The average molecular weight is 284 g/mol. The van der Waals surface area contributed by atoms with Crippen molar-refractivity contribution in [3.8, 4) is 0 Å². The van der Waals surface area contributed by atoms with Crippen LogP contribution in [0.5, 0.6) is 0 Å². The molecule has 5 heteroatoms. The predicted molar refractivity (Wildman–Crippen MR) is 69.6 cm³/mol. The lowest BCUT2D eigenvalue weighted by atomic mass is 9.54. The van der Waals surface area contributed by atoms with Gasteiger partial charge in [-0.1, -0.05) is 13.8 Å². The Hall–Kier alpha value is -0.200. The van der Waals surface area contributed by atoms with Crippen molar-refractivity contribution in [2.45, 2.75) is 69.5 Å². The maximum atomic E-state index is 11.5. The molecule has 5 nitrogen and oxygen atoms in total. The minimum Gasteiger partial charge on any atom is -0.389 e. The summed E-state index contributed by atoms with van der Waals surface area (Å²) in [5, 5.41) is 44.8. The molecule has 4 aliphatic rings. The van der Waals surface area contributed by atoms with E-state index in [0.717, 1.165) is 0 Å². The molecule has 0 amide bonds. The normalized spacial score (nSPS) is 74.4. The fourth-order valence-electron chi connectivity index (χ4n) is 6.93. The molecule has 20 heavy (non-hydrogen) atoms. The second kappa shape index (κ2) is 2.72. The van der Waals surface area contributed by atoms with E-state index in [4.69, 9.17) is 4.74 Å². The van der Waals surface area contributed by atoms with Crippen molar-refractivity contribution in [2.75, 3.05) is 6.61 Å². The Balaban J connectivity index is 2.15. The molecule has 1 spiro atoms. The zero-order chi connectivity index (χ0) is 15.0. The second-order valence-electron chi connectivity index (χ2n) is 8.32. The third kappa shape index (κ3) is 0.733. The van der Waals surface area contributed by atoms with Gasteiger partial charge in [0.15, 0.2) is 5.79 Å². The Morgan fingerprint density at radius 3 is 2.10 bits per heavy atom. The van der Waals surface area contributed by atoms with Crippen molar-refractivity contribution in [1.29, 1.82) is 0 Å². The molecule has 3 saturated carbocycles. The molecule has 114 valence electrons. The average Bonchev–Trinajstić information content (AvgIpc) is 2.73. The topological polar surface area (TPSA) is 90.2 Å². The van der Waals surface area contributed by atoms with E-state index in [9.17, 15) is 20.4 Å². The molecule has 0 aromatic carbocycles. The van der Waals surface area contributed by atoms with Crippen molar-refractivity contribution in [2.24, 2.45) is 16.2 Å². The molecule has 0 radical (unpaired) electrons. The van der Waals surface area contributed by atoms with Crippen LogP contribution in [-0.2, 0) is 4.74 Å². The zero-order valence-corrected chi connectivity index (χ0v) is 12.5. The van der Waals surface area contributed by atoms with Crippen LogP contribution in [0, 0.1) is 16.2 Å². The highest BCUT2D eigenvalue weighted by atomic mass is 16.6. The molecular weight excluding hydrogens is 260 g/mol. The first-order valence-corrected chi connectivity index (χ1v) is 7.40. The molecule has 3 aliphatic carbocycles. The van der Waals surface area contributed by atoms with Crippen molar-refractivity contribution in [1.82, 2.24) is 0 Å². The largest absolute Gasteiger partial charge is 0.389 e. The van der Waals surface area contributed by atoms with Gasteiger partial charge in [-0.05, 0) is 26.7 Å². The molecule has 7 atom stereocenters. The van der Waals surface area contributed by atoms with E-state index >= 15 is 0 Å². The van der Waals surface area contributed by atoms with Crippen LogP contribution in [0.3, 0.4) is 0 Å². The molecule has 4 N–H and O–H groups in total. The van der Waals surface area contributed by atoms with Crippen LogP contribution in [0.15, 0.2) is 0 Å². The minimum absolute atomic E-state index is 0.0720. The molecule has 0 aromatic heterocycles. The monoisotopic (exact) mass is 284 g/mol. The van der Waals surface area contributed by atoms with Gasteiger partial charge >= 0.3 is 0 Å². The fraction of sp³-hybridized carbons (Fsp3) is 1.00. The SMILES string of the molecule is CC1(O)C2(C)C3(O)CC14[C@](C)(O)CC[C@@]4(O)[C@@]2(C)CO3. The smallest absolute Gasteiger partial charge is 0.175 e. The Morgan fingerprint density at radius 1 is 0.900 bits per heavy atom. The molecule has 4 rings (SSSR count). The van der Waals surface area contributed by atoms with Crippen LogP contribution >= 0.6 is 0 Å². The van der Waals surface area contributed by atoms with Gasteiger partial charge in [0.1, 0.15) is 0 Å². The number of rotatable bonds is 0. The van der Waals surface area contributed by atoms with E-state index in [1.165, 1.54) is 0 Å². The van der Waals surface area contributed by atoms with Crippen molar-refractivity contribution >= 4 is 0 Å². The van der Waals surface area contributed by atoms with Gasteiger partial charge in [-0.25, -0.2) is 0 Å². The predicted octanol–water partition coefficient (Wildman–Crippen LogP) is 0.148. The van der Waals surface area contributed by atoms with Gasteiger partial charge in [0.25, 0.3) is 0 Å². The number of ether oxygens (including phenoxy) is 1. The summed E-state index contributed by atoms with van der Waals surface area (Å²) < 4.78 is 5.67. The summed E-state index contributed by atoms with van der Waals surface area (Å²) in [5.74, 6) is -1.49. The molecule has 1 aliphatic heterocycles. The Labute approximate surface area is 118 Å². The summed E-state index contributed by atoms with van der Waals surface area (Å²) >= 11 is 0. The van der Waals surface area contributed by atoms with Gasteiger partial charge in [-0.15, -0.1) is 0 Å². The molecule has 1 heterocycles. The second-order valence-corrected chi connectivity index (χ2v) is 8.32. The van der Waals surface area contributed by atoms with E-state index in [1.807, 2.05) is 6.92 Å². The lowest BCUT2D eigenvalue weighted by molar-refractivity contribution is -0.254.